The summed E-state index contributed by atoms with van der Waals surface area (Å²) in [6.07, 6.45) is 4.14. The summed E-state index contributed by atoms with van der Waals surface area (Å²) < 4.78 is 26.7. The van der Waals surface area contributed by atoms with Crippen molar-refractivity contribution in [2.24, 2.45) is 0 Å². The van der Waals surface area contributed by atoms with Crippen LogP contribution in [0.25, 0.3) is 0 Å². The molecule has 0 atom stereocenters. The maximum Gasteiger partial charge on any atom is 0.305 e. The zero-order chi connectivity index (χ0) is 18.1. The zero-order valence-electron chi connectivity index (χ0n) is 15.3. The van der Waals surface area contributed by atoms with Gasteiger partial charge >= 0.3 is 5.97 Å². The number of hydrogen-bond donors (Lipinski definition) is 0. The summed E-state index contributed by atoms with van der Waals surface area (Å²) >= 11 is 0. The number of carbonyl (C=O) groups is 1. The van der Waals surface area contributed by atoms with E-state index in [0.29, 0.717) is 18.1 Å². The molecule has 0 spiro atoms. The Balaban J connectivity index is 2.03. The van der Waals surface area contributed by atoms with Gasteiger partial charge in [0.1, 0.15) is 17.6 Å². The molecule has 0 radical (unpaired) electrons. The molecule has 0 aromatic heterocycles. The van der Waals surface area contributed by atoms with Gasteiger partial charge in [-0.2, -0.15) is 0 Å². The molecule has 0 unspecified atom stereocenters. The van der Waals surface area contributed by atoms with Crippen LogP contribution >= 0.6 is 0 Å². The van der Waals surface area contributed by atoms with E-state index >= 15 is 0 Å². The number of methoxy groups -OCH3 is 2. The van der Waals surface area contributed by atoms with Gasteiger partial charge in [-0.1, -0.05) is 13.0 Å². The van der Waals surface area contributed by atoms with Crippen LogP contribution in [0.3, 0.4) is 0 Å². The quantitative estimate of drug-likeness (QED) is 0.499. The van der Waals surface area contributed by atoms with Crippen molar-refractivity contribution in [1.82, 2.24) is 0 Å². The minimum absolute atomic E-state index is 0.0383. The summed E-state index contributed by atoms with van der Waals surface area (Å²) in [5.74, 6) is 1.72. The standard InChI is InChI=1S/C19H28O6/c1-4-19(20)25-15-7-5-14(6-8-15)17-10-9-16(23-12-21-2)11-18(17)24-13-22-3/h9-11,14-15H,4-8,12-13H2,1-3H3. The number of hydrogen-bond acceptors (Lipinski definition) is 6. The van der Waals surface area contributed by atoms with Crippen molar-refractivity contribution < 1.29 is 28.5 Å². The first-order chi connectivity index (χ1) is 12.2. The predicted molar refractivity (Wildman–Crippen MR) is 92.8 cm³/mol. The van der Waals surface area contributed by atoms with E-state index in [-0.39, 0.29) is 25.7 Å². The number of carbonyl (C=O) groups excluding carboxylic acids is 1. The molecular formula is C19H28O6. The van der Waals surface area contributed by atoms with Gasteiger partial charge in [0.2, 0.25) is 0 Å². The second-order valence-electron chi connectivity index (χ2n) is 6.12. The highest BCUT2D eigenvalue weighted by molar-refractivity contribution is 5.69. The molecule has 140 valence electrons. The number of esters is 1. The summed E-state index contributed by atoms with van der Waals surface area (Å²) in [6.45, 7) is 2.20. The van der Waals surface area contributed by atoms with E-state index in [9.17, 15) is 4.79 Å². The van der Waals surface area contributed by atoms with Crippen LogP contribution in [0.2, 0.25) is 0 Å². The fourth-order valence-electron chi connectivity index (χ4n) is 3.08. The van der Waals surface area contributed by atoms with E-state index in [1.54, 1.807) is 14.2 Å². The van der Waals surface area contributed by atoms with Gasteiger partial charge in [0.05, 0.1) is 0 Å². The van der Waals surface area contributed by atoms with Gasteiger partial charge in [0, 0.05) is 26.7 Å². The molecule has 6 heteroatoms. The normalized spacial score (nSPS) is 20.1. The monoisotopic (exact) mass is 352 g/mol. The molecule has 0 heterocycles. The molecule has 1 aliphatic rings. The Labute approximate surface area is 149 Å². The largest absolute Gasteiger partial charge is 0.467 e. The molecule has 6 nitrogen and oxygen atoms in total. The van der Waals surface area contributed by atoms with Gasteiger partial charge in [-0.15, -0.1) is 0 Å². The highest BCUT2D eigenvalue weighted by Crippen LogP contribution is 2.40. The van der Waals surface area contributed by atoms with Gasteiger partial charge in [-0.3, -0.25) is 4.79 Å². The summed E-state index contributed by atoms with van der Waals surface area (Å²) in [7, 11) is 3.18. The average molecular weight is 352 g/mol. The van der Waals surface area contributed by atoms with Crippen LogP contribution in [0.4, 0.5) is 0 Å². The van der Waals surface area contributed by atoms with E-state index in [1.807, 2.05) is 25.1 Å². The Morgan fingerprint density at radius 2 is 1.72 bits per heavy atom. The molecule has 1 fully saturated rings. The third-order valence-corrected chi connectivity index (χ3v) is 4.36. The second kappa shape index (κ2) is 10.3. The van der Waals surface area contributed by atoms with Gasteiger partial charge in [-0.05, 0) is 43.2 Å². The minimum Gasteiger partial charge on any atom is -0.467 e. The van der Waals surface area contributed by atoms with Crippen LogP contribution < -0.4 is 9.47 Å². The summed E-state index contributed by atoms with van der Waals surface area (Å²) in [5, 5.41) is 0. The molecule has 25 heavy (non-hydrogen) atoms. The Bertz CT molecular complexity index is 537. The van der Waals surface area contributed by atoms with E-state index in [4.69, 9.17) is 23.7 Å². The number of benzene rings is 1. The lowest BCUT2D eigenvalue weighted by atomic mass is 9.82. The van der Waals surface area contributed by atoms with Gasteiger partial charge in [0.15, 0.2) is 13.6 Å². The Morgan fingerprint density at radius 1 is 1.04 bits per heavy atom. The zero-order valence-corrected chi connectivity index (χ0v) is 15.3. The number of ether oxygens (including phenoxy) is 5. The van der Waals surface area contributed by atoms with Crippen molar-refractivity contribution in [2.45, 2.75) is 51.0 Å². The minimum atomic E-state index is -0.118. The van der Waals surface area contributed by atoms with Crippen LogP contribution in [0.15, 0.2) is 18.2 Å². The fraction of sp³-hybridized carbons (Fsp3) is 0.632. The van der Waals surface area contributed by atoms with Crippen molar-refractivity contribution in [3.63, 3.8) is 0 Å². The molecule has 1 aromatic rings. The van der Waals surface area contributed by atoms with Gasteiger partial charge in [0.25, 0.3) is 0 Å². The molecule has 1 saturated carbocycles. The highest BCUT2D eigenvalue weighted by atomic mass is 16.7. The SMILES string of the molecule is CCC(=O)OC1CCC(c2ccc(OCOC)cc2OCOC)CC1. The topological polar surface area (TPSA) is 63.2 Å². The van der Waals surface area contributed by atoms with Crippen LogP contribution in [-0.2, 0) is 19.0 Å². The maximum atomic E-state index is 11.4. The van der Waals surface area contributed by atoms with Crippen LogP contribution in [0.1, 0.15) is 50.5 Å². The average Bonchev–Trinajstić information content (AvgIpc) is 2.65. The first kappa shape index (κ1) is 19.5. The highest BCUT2D eigenvalue weighted by Gasteiger charge is 2.26. The lowest BCUT2D eigenvalue weighted by molar-refractivity contribution is -0.150. The van der Waals surface area contributed by atoms with Crippen LogP contribution in [-0.4, -0.2) is 39.9 Å². The smallest absolute Gasteiger partial charge is 0.305 e. The molecule has 0 saturated heterocycles. The van der Waals surface area contributed by atoms with E-state index in [2.05, 4.69) is 0 Å². The van der Waals surface area contributed by atoms with Crippen molar-refractivity contribution in [2.75, 3.05) is 27.8 Å². The Kier molecular flexibility index (Phi) is 8.01. The second-order valence-corrected chi connectivity index (χ2v) is 6.12. The summed E-state index contributed by atoms with van der Waals surface area (Å²) in [5.41, 5.74) is 1.14. The van der Waals surface area contributed by atoms with Crippen molar-refractivity contribution >= 4 is 5.97 Å². The van der Waals surface area contributed by atoms with Gasteiger partial charge in [-0.25, -0.2) is 0 Å². The van der Waals surface area contributed by atoms with Crippen molar-refractivity contribution in [3.8, 4) is 11.5 Å². The van der Waals surface area contributed by atoms with Crippen LogP contribution in [0, 0.1) is 0 Å². The van der Waals surface area contributed by atoms with E-state index < -0.39 is 0 Å². The Morgan fingerprint density at radius 3 is 2.36 bits per heavy atom. The molecule has 0 bridgehead atoms. The molecule has 0 amide bonds. The molecule has 0 aliphatic heterocycles. The Hall–Kier alpha value is -1.79. The predicted octanol–water partition coefficient (Wildman–Crippen LogP) is 3.63. The van der Waals surface area contributed by atoms with Crippen LogP contribution in [0.5, 0.6) is 11.5 Å². The maximum absolute atomic E-state index is 11.4. The van der Waals surface area contributed by atoms with Gasteiger partial charge < -0.3 is 23.7 Å². The third kappa shape index (κ3) is 5.90. The van der Waals surface area contributed by atoms with E-state index in [1.165, 1.54) is 0 Å². The molecular weight excluding hydrogens is 324 g/mol. The van der Waals surface area contributed by atoms with Crippen molar-refractivity contribution in [1.29, 1.82) is 0 Å². The lowest BCUT2D eigenvalue weighted by Crippen LogP contribution is -2.23. The van der Waals surface area contributed by atoms with Crippen molar-refractivity contribution in [3.05, 3.63) is 23.8 Å². The molecule has 0 N–H and O–H groups in total. The lowest BCUT2D eigenvalue weighted by Gasteiger charge is -2.29. The number of rotatable bonds is 9. The molecule has 2 rings (SSSR count). The molecule has 1 aliphatic carbocycles. The summed E-state index contributed by atoms with van der Waals surface area (Å²) in [6, 6.07) is 5.84. The molecule has 1 aromatic carbocycles. The first-order valence-corrected chi connectivity index (χ1v) is 8.74. The summed E-state index contributed by atoms with van der Waals surface area (Å²) in [4.78, 5) is 11.4. The fourth-order valence-corrected chi connectivity index (χ4v) is 3.08. The first-order valence-electron chi connectivity index (χ1n) is 8.74. The van der Waals surface area contributed by atoms with E-state index in [0.717, 1.165) is 37.0 Å². The third-order valence-electron chi connectivity index (χ3n) is 4.36.